The molecule has 1 aromatic rings. The van der Waals surface area contributed by atoms with Crippen molar-refractivity contribution in [1.29, 1.82) is 0 Å². The molecule has 0 aliphatic heterocycles. The van der Waals surface area contributed by atoms with Crippen molar-refractivity contribution in [3.8, 4) is 0 Å². The Balaban J connectivity index is 1.70. The smallest absolute Gasteiger partial charge is 0.142 e. The number of hydrogen-bond acceptors (Lipinski definition) is 1. The van der Waals surface area contributed by atoms with Gasteiger partial charge in [0, 0.05) is 11.3 Å². The van der Waals surface area contributed by atoms with Gasteiger partial charge in [0.25, 0.3) is 0 Å². The molecule has 0 amide bonds. The van der Waals surface area contributed by atoms with Gasteiger partial charge in [-0.3, -0.25) is 4.79 Å². The minimum atomic E-state index is -0.00988. The monoisotopic (exact) mass is 296 g/mol. The van der Waals surface area contributed by atoms with Crippen LogP contribution in [0.15, 0.2) is 18.2 Å². The van der Waals surface area contributed by atoms with Gasteiger partial charge in [-0.15, -0.1) is 0 Å². The molecule has 1 nitrogen and oxygen atoms in total. The molecule has 3 aliphatic rings. The van der Waals surface area contributed by atoms with Crippen molar-refractivity contribution in [3.05, 3.63) is 34.9 Å². The highest BCUT2D eigenvalue weighted by atomic mass is 16.1. The molecule has 0 spiro atoms. The van der Waals surface area contributed by atoms with Crippen LogP contribution in [0.2, 0.25) is 0 Å². The Morgan fingerprint density at radius 3 is 2.86 bits per heavy atom. The maximum absolute atomic E-state index is 12.9. The summed E-state index contributed by atoms with van der Waals surface area (Å²) in [6, 6.07) is 7.07. The van der Waals surface area contributed by atoms with E-state index in [2.05, 4.69) is 39.0 Å². The second-order valence-corrected chi connectivity index (χ2v) is 8.28. The first-order chi connectivity index (χ1) is 10.5. The number of ketones is 1. The lowest BCUT2D eigenvalue weighted by Crippen LogP contribution is -2.42. The Morgan fingerprint density at radius 1 is 1.27 bits per heavy atom. The lowest BCUT2D eigenvalue weighted by molar-refractivity contribution is -0.132. The first kappa shape index (κ1) is 14.5. The largest absolute Gasteiger partial charge is 0.299 e. The summed E-state index contributed by atoms with van der Waals surface area (Å²) in [4.78, 5) is 12.9. The Labute approximate surface area is 134 Å². The van der Waals surface area contributed by atoms with Gasteiger partial charge in [0.1, 0.15) is 5.78 Å². The van der Waals surface area contributed by atoms with Crippen LogP contribution in [0.5, 0.6) is 0 Å². The van der Waals surface area contributed by atoms with Gasteiger partial charge < -0.3 is 0 Å². The molecule has 4 rings (SSSR count). The van der Waals surface area contributed by atoms with E-state index >= 15 is 0 Å². The van der Waals surface area contributed by atoms with Gasteiger partial charge in [-0.2, -0.15) is 0 Å². The minimum Gasteiger partial charge on any atom is -0.299 e. The summed E-state index contributed by atoms with van der Waals surface area (Å²) in [5.41, 5.74) is 4.57. The van der Waals surface area contributed by atoms with Gasteiger partial charge in [-0.05, 0) is 74.3 Å². The Kier molecular flexibility index (Phi) is 3.25. The number of benzene rings is 1. The number of fused-ring (bicyclic) bond motifs is 5. The summed E-state index contributed by atoms with van der Waals surface area (Å²) in [6.07, 6.45) is 7.05. The van der Waals surface area contributed by atoms with Crippen LogP contribution >= 0.6 is 0 Å². The van der Waals surface area contributed by atoms with E-state index in [9.17, 15) is 4.79 Å². The second-order valence-electron chi connectivity index (χ2n) is 8.28. The summed E-state index contributed by atoms with van der Waals surface area (Å²) in [5.74, 6) is 3.03. The van der Waals surface area contributed by atoms with Crippen molar-refractivity contribution in [2.75, 3.05) is 0 Å². The first-order valence-corrected chi connectivity index (χ1v) is 9.18. The highest BCUT2D eigenvalue weighted by Crippen LogP contribution is 2.61. The van der Waals surface area contributed by atoms with E-state index in [-0.39, 0.29) is 5.41 Å². The standard InChI is InChI=1S/C21H28O/c1-4-14-12-19-18-8-6-15-11-13(2)5-7-16(15)17(18)9-10-21(19,3)20(14)22/h5,7,11,14,17-19H,4,6,8-10,12H2,1-3H3/t14?,17?,18?,19?,21-/m0/s1. The van der Waals surface area contributed by atoms with E-state index in [0.29, 0.717) is 23.5 Å². The molecule has 0 bridgehead atoms. The molecular formula is C21H28O. The molecule has 1 aromatic carbocycles. The normalized spacial score (nSPS) is 40.0. The van der Waals surface area contributed by atoms with Crippen LogP contribution in [0.1, 0.15) is 68.6 Å². The molecule has 0 radical (unpaired) electrons. The van der Waals surface area contributed by atoms with Crippen LogP contribution in [0, 0.1) is 30.1 Å². The number of aryl methyl sites for hydroxylation is 2. The predicted molar refractivity (Wildman–Crippen MR) is 90.0 cm³/mol. The van der Waals surface area contributed by atoms with E-state index in [1.807, 2.05) is 0 Å². The number of hydrogen-bond donors (Lipinski definition) is 0. The van der Waals surface area contributed by atoms with Crippen LogP contribution in [0.4, 0.5) is 0 Å². The van der Waals surface area contributed by atoms with E-state index in [0.717, 1.165) is 25.2 Å². The minimum absolute atomic E-state index is 0.00988. The van der Waals surface area contributed by atoms with Gasteiger partial charge in [0.05, 0.1) is 0 Å². The molecule has 0 heterocycles. The lowest BCUT2D eigenvalue weighted by atomic mass is 9.55. The van der Waals surface area contributed by atoms with Gasteiger partial charge in [0.15, 0.2) is 0 Å². The van der Waals surface area contributed by atoms with Crippen molar-refractivity contribution in [1.82, 2.24) is 0 Å². The van der Waals surface area contributed by atoms with Crippen LogP contribution in [0.25, 0.3) is 0 Å². The van der Waals surface area contributed by atoms with E-state index in [4.69, 9.17) is 0 Å². The van der Waals surface area contributed by atoms with Crippen molar-refractivity contribution in [3.63, 3.8) is 0 Å². The zero-order chi connectivity index (χ0) is 15.5. The zero-order valence-electron chi connectivity index (χ0n) is 14.2. The molecule has 0 saturated heterocycles. The maximum Gasteiger partial charge on any atom is 0.142 e. The van der Waals surface area contributed by atoms with E-state index in [1.165, 1.54) is 24.8 Å². The van der Waals surface area contributed by atoms with Crippen LogP contribution in [0.3, 0.4) is 0 Å². The predicted octanol–water partition coefficient (Wildman–Crippen LogP) is 5.06. The second kappa shape index (κ2) is 4.94. The zero-order valence-corrected chi connectivity index (χ0v) is 14.2. The quantitative estimate of drug-likeness (QED) is 0.708. The molecule has 118 valence electrons. The third kappa shape index (κ3) is 1.87. The molecule has 4 unspecified atom stereocenters. The molecule has 0 aromatic heterocycles. The van der Waals surface area contributed by atoms with E-state index in [1.54, 1.807) is 11.1 Å². The Morgan fingerprint density at radius 2 is 2.09 bits per heavy atom. The number of rotatable bonds is 1. The van der Waals surface area contributed by atoms with Crippen molar-refractivity contribution in [2.24, 2.45) is 23.2 Å². The number of Topliss-reactive ketones (excluding diaryl/α,β-unsaturated/α-hetero) is 1. The summed E-state index contributed by atoms with van der Waals surface area (Å²) in [7, 11) is 0. The van der Waals surface area contributed by atoms with Crippen molar-refractivity contribution < 1.29 is 4.79 Å². The molecule has 3 aliphatic carbocycles. The average Bonchev–Trinajstić information content (AvgIpc) is 2.78. The topological polar surface area (TPSA) is 17.1 Å². The first-order valence-electron chi connectivity index (χ1n) is 9.18. The fourth-order valence-corrected chi connectivity index (χ4v) is 6.00. The number of carbonyl (C=O) groups excluding carboxylic acids is 1. The third-order valence-corrected chi connectivity index (χ3v) is 7.24. The van der Waals surface area contributed by atoms with E-state index < -0.39 is 0 Å². The van der Waals surface area contributed by atoms with Crippen LogP contribution < -0.4 is 0 Å². The van der Waals surface area contributed by atoms with Gasteiger partial charge >= 0.3 is 0 Å². The van der Waals surface area contributed by atoms with Crippen molar-refractivity contribution >= 4 is 5.78 Å². The van der Waals surface area contributed by atoms with Gasteiger partial charge in [-0.25, -0.2) is 0 Å². The Hall–Kier alpha value is -1.11. The molecule has 5 atom stereocenters. The summed E-state index contributed by atoms with van der Waals surface area (Å²) < 4.78 is 0. The van der Waals surface area contributed by atoms with Gasteiger partial charge in [-0.1, -0.05) is 37.6 Å². The molecule has 0 N–H and O–H groups in total. The highest BCUT2D eigenvalue weighted by molar-refractivity contribution is 5.89. The number of carbonyl (C=O) groups is 1. The van der Waals surface area contributed by atoms with Crippen LogP contribution in [-0.4, -0.2) is 5.78 Å². The maximum atomic E-state index is 12.9. The molecular weight excluding hydrogens is 268 g/mol. The third-order valence-electron chi connectivity index (χ3n) is 7.24. The summed E-state index contributed by atoms with van der Waals surface area (Å²) in [5, 5.41) is 0. The SMILES string of the molecule is CCC1CC2C3CCc4cc(C)ccc4C3CC[C@]2(C)C1=O. The molecule has 1 heteroatoms. The van der Waals surface area contributed by atoms with Crippen LogP contribution in [-0.2, 0) is 11.2 Å². The summed E-state index contributed by atoms with van der Waals surface area (Å²) in [6.45, 7) is 6.68. The fourth-order valence-electron chi connectivity index (χ4n) is 6.00. The summed E-state index contributed by atoms with van der Waals surface area (Å²) >= 11 is 0. The fraction of sp³-hybridized carbons (Fsp3) is 0.667. The molecule has 2 saturated carbocycles. The van der Waals surface area contributed by atoms with Gasteiger partial charge in [0.2, 0.25) is 0 Å². The lowest BCUT2D eigenvalue weighted by Gasteiger charge is -2.48. The highest BCUT2D eigenvalue weighted by Gasteiger charge is 2.57. The Bertz CT molecular complexity index is 616. The van der Waals surface area contributed by atoms with Crippen molar-refractivity contribution in [2.45, 2.75) is 65.2 Å². The molecule has 22 heavy (non-hydrogen) atoms. The average molecular weight is 296 g/mol. The molecule has 2 fully saturated rings.